The van der Waals surface area contributed by atoms with Crippen molar-refractivity contribution < 1.29 is 0 Å². The highest BCUT2D eigenvalue weighted by atomic mass is 32.1. The molecule has 4 heteroatoms. The lowest BCUT2D eigenvalue weighted by Gasteiger charge is -2.06. The first-order valence-corrected chi connectivity index (χ1v) is 7.35. The Bertz CT molecular complexity index is 471. The quantitative estimate of drug-likeness (QED) is 0.812. The maximum atomic E-state index is 4.52. The fraction of sp³-hybridized carbons (Fsp3) is 0.500. The van der Waals surface area contributed by atoms with Crippen LogP contribution in [-0.4, -0.2) is 16.3 Å². The van der Waals surface area contributed by atoms with E-state index < -0.39 is 0 Å². The van der Waals surface area contributed by atoms with Gasteiger partial charge in [0.1, 0.15) is 0 Å². The summed E-state index contributed by atoms with van der Waals surface area (Å²) in [7, 11) is 1.99. The van der Waals surface area contributed by atoms with Crippen LogP contribution in [0.3, 0.4) is 0 Å². The first-order valence-electron chi connectivity index (χ1n) is 6.41. The van der Waals surface area contributed by atoms with Gasteiger partial charge in [-0.3, -0.25) is 4.68 Å². The van der Waals surface area contributed by atoms with Crippen molar-refractivity contribution in [2.75, 3.05) is 6.54 Å². The zero-order chi connectivity index (χ0) is 13.0. The molecule has 0 bridgehead atoms. The van der Waals surface area contributed by atoms with Crippen LogP contribution in [-0.2, 0) is 20.0 Å². The van der Waals surface area contributed by atoms with Gasteiger partial charge >= 0.3 is 0 Å². The Morgan fingerprint density at radius 1 is 1.44 bits per heavy atom. The third-order valence-electron chi connectivity index (χ3n) is 2.97. The second kappa shape index (κ2) is 6.16. The Morgan fingerprint density at radius 2 is 2.28 bits per heavy atom. The number of rotatable bonds is 6. The van der Waals surface area contributed by atoms with Gasteiger partial charge in [0.05, 0.1) is 5.69 Å². The second-order valence-corrected chi connectivity index (χ2v) is 5.71. The van der Waals surface area contributed by atoms with Crippen molar-refractivity contribution in [2.45, 2.75) is 32.7 Å². The van der Waals surface area contributed by atoms with Crippen LogP contribution < -0.4 is 5.32 Å². The molecule has 2 heterocycles. The number of hydrogen-bond donors (Lipinski definition) is 1. The number of hydrogen-bond acceptors (Lipinski definition) is 3. The van der Waals surface area contributed by atoms with Gasteiger partial charge in [-0.15, -0.1) is 0 Å². The lowest BCUT2D eigenvalue weighted by Crippen LogP contribution is -2.17. The fourth-order valence-corrected chi connectivity index (χ4v) is 2.77. The van der Waals surface area contributed by atoms with Crippen LogP contribution in [0.25, 0.3) is 0 Å². The zero-order valence-corrected chi connectivity index (χ0v) is 12.1. The minimum Gasteiger partial charge on any atom is -0.312 e. The van der Waals surface area contributed by atoms with Crippen molar-refractivity contribution in [3.8, 4) is 0 Å². The Morgan fingerprint density at radius 3 is 2.94 bits per heavy atom. The van der Waals surface area contributed by atoms with Gasteiger partial charge in [0.15, 0.2) is 0 Å². The van der Waals surface area contributed by atoms with Gasteiger partial charge in [-0.05, 0) is 41.3 Å². The fourth-order valence-electron chi connectivity index (χ4n) is 2.07. The molecule has 0 unspecified atom stereocenters. The zero-order valence-electron chi connectivity index (χ0n) is 11.3. The van der Waals surface area contributed by atoms with E-state index in [1.807, 2.05) is 11.7 Å². The van der Waals surface area contributed by atoms with Crippen LogP contribution in [0.15, 0.2) is 23.0 Å². The van der Waals surface area contributed by atoms with Gasteiger partial charge in [-0.1, -0.05) is 13.8 Å². The summed E-state index contributed by atoms with van der Waals surface area (Å²) in [5.74, 6) is 0.486. The molecule has 98 valence electrons. The molecule has 0 spiro atoms. The molecule has 2 aromatic heterocycles. The second-order valence-electron chi connectivity index (χ2n) is 4.93. The van der Waals surface area contributed by atoms with Gasteiger partial charge in [0.25, 0.3) is 0 Å². The van der Waals surface area contributed by atoms with Crippen molar-refractivity contribution >= 4 is 11.3 Å². The number of nitrogens with one attached hydrogen (secondary N) is 1. The predicted octanol–water partition coefficient (Wildman–Crippen LogP) is 2.94. The maximum absolute atomic E-state index is 4.52. The predicted molar refractivity (Wildman–Crippen MR) is 77.0 cm³/mol. The molecule has 1 N–H and O–H groups in total. The van der Waals surface area contributed by atoms with Gasteiger partial charge in [-0.25, -0.2) is 0 Å². The SMILES string of the molecule is CC(C)c1nn(C)cc1CNCCc1ccsc1. The smallest absolute Gasteiger partial charge is 0.0694 e. The van der Waals surface area contributed by atoms with Crippen LogP contribution >= 0.6 is 11.3 Å². The molecule has 0 aliphatic carbocycles. The van der Waals surface area contributed by atoms with Gasteiger partial charge < -0.3 is 5.32 Å². The van der Waals surface area contributed by atoms with E-state index in [1.165, 1.54) is 16.8 Å². The summed E-state index contributed by atoms with van der Waals surface area (Å²) in [5.41, 5.74) is 3.95. The van der Waals surface area contributed by atoms with Gasteiger partial charge in [-0.2, -0.15) is 16.4 Å². The summed E-state index contributed by atoms with van der Waals surface area (Å²) in [6.45, 7) is 6.31. The molecule has 0 aromatic carbocycles. The lowest BCUT2D eigenvalue weighted by molar-refractivity contribution is 0.674. The first-order chi connectivity index (χ1) is 8.66. The van der Waals surface area contributed by atoms with Gasteiger partial charge in [0, 0.05) is 25.4 Å². The summed E-state index contributed by atoms with van der Waals surface area (Å²) in [6, 6.07) is 2.19. The summed E-state index contributed by atoms with van der Waals surface area (Å²) in [4.78, 5) is 0. The lowest BCUT2D eigenvalue weighted by atomic mass is 10.1. The molecular formula is C14H21N3S. The van der Waals surface area contributed by atoms with Crippen molar-refractivity contribution in [3.63, 3.8) is 0 Å². The summed E-state index contributed by atoms with van der Waals surface area (Å²) in [5, 5.41) is 12.4. The van der Waals surface area contributed by atoms with Crippen LogP contribution in [0, 0.1) is 0 Å². The number of thiophene rings is 1. The number of aryl methyl sites for hydroxylation is 1. The minimum atomic E-state index is 0.486. The van der Waals surface area contributed by atoms with E-state index in [9.17, 15) is 0 Å². The Hall–Kier alpha value is -1.13. The van der Waals surface area contributed by atoms with Crippen molar-refractivity contribution in [2.24, 2.45) is 7.05 Å². The normalized spacial score (nSPS) is 11.3. The molecular weight excluding hydrogens is 242 g/mol. The highest BCUT2D eigenvalue weighted by Crippen LogP contribution is 2.16. The molecule has 18 heavy (non-hydrogen) atoms. The molecule has 0 aliphatic heterocycles. The van der Waals surface area contributed by atoms with Crippen LogP contribution in [0.5, 0.6) is 0 Å². The van der Waals surface area contributed by atoms with E-state index in [0.717, 1.165) is 19.5 Å². The number of aromatic nitrogens is 2. The standard InChI is InChI=1S/C14H21N3S/c1-11(2)14-13(9-17(3)16-14)8-15-6-4-12-5-7-18-10-12/h5,7,9-11,15H,4,6,8H2,1-3H3. The molecule has 0 saturated carbocycles. The van der Waals surface area contributed by atoms with E-state index in [1.54, 1.807) is 11.3 Å². The largest absolute Gasteiger partial charge is 0.312 e. The van der Waals surface area contributed by atoms with E-state index in [4.69, 9.17) is 0 Å². The third kappa shape index (κ3) is 3.43. The van der Waals surface area contributed by atoms with E-state index in [-0.39, 0.29) is 0 Å². The summed E-state index contributed by atoms with van der Waals surface area (Å²) >= 11 is 1.76. The molecule has 0 aliphatic rings. The number of nitrogens with zero attached hydrogens (tertiary/aromatic N) is 2. The summed E-state index contributed by atoms with van der Waals surface area (Å²) < 4.78 is 1.91. The highest BCUT2D eigenvalue weighted by Gasteiger charge is 2.10. The van der Waals surface area contributed by atoms with E-state index >= 15 is 0 Å². The van der Waals surface area contributed by atoms with E-state index in [0.29, 0.717) is 5.92 Å². The van der Waals surface area contributed by atoms with Crippen LogP contribution in [0.4, 0.5) is 0 Å². The Balaban J connectivity index is 1.83. The molecule has 3 nitrogen and oxygen atoms in total. The summed E-state index contributed by atoms with van der Waals surface area (Å²) in [6.07, 6.45) is 3.22. The molecule has 0 atom stereocenters. The Kier molecular flexibility index (Phi) is 4.55. The van der Waals surface area contributed by atoms with Crippen molar-refractivity contribution in [1.29, 1.82) is 0 Å². The van der Waals surface area contributed by atoms with Crippen LogP contribution in [0.2, 0.25) is 0 Å². The van der Waals surface area contributed by atoms with E-state index in [2.05, 4.69) is 47.3 Å². The minimum absolute atomic E-state index is 0.486. The topological polar surface area (TPSA) is 29.9 Å². The first kappa shape index (κ1) is 13.3. The molecule has 2 aromatic rings. The monoisotopic (exact) mass is 263 g/mol. The van der Waals surface area contributed by atoms with Crippen molar-refractivity contribution in [1.82, 2.24) is 15.1 Å². The average Bonchev–Trinajstić information content (AvgIpc) is 2.93. The van der Waals surface area contributed by atoms with Crippen molar-refractivity contribution in [3.05, 3.63) is 39.8 Å². The maximum Gasteiger partial charge on any atom is 0.0694 e. The molecule has 2 rings (SSSR count). The molecule has 0 amide bonds. The van der Waals surface area contributed by atoms with Gasteiger partial charge in [0.2, 0.25) is 0 Å². The third-order valence-corrected chi connectivity index (χ3v) is 3.70. The highest BCUT2D eigenvalue weighted by molar-refractivity contribution is 7.07. The molecule has 0 saturated heterocycles. The molecule has 0 fully saturated rings. The average molecular weight is 263 g/mol. The van der Waals surface area contributed by atoms with Crippen LogP contribution in [0.1, 0.15) is 36.6 Å². The Labute approximate surface area is 113 Å². The molecule has 0 radical (unpaired) electrons.